The summed E-state index contributed by atoms with van der Waals surface area (Å²) in [6.07, 6.45) is 3.78. The van der Waals surface area contributed by atoms with Crippen LogP contribution >= 0.6 is 0 Å². The van der Waals surface area contributed by atoms with E-state index in [4.69, 9.17) is 4.98 Å². The van der Waals surface area contributed by atoms with Crippen LogP contribution in [0.5, 0.6) is 0 Å². The molecule has 0 aliphatic carbocycles. The van der Waals surface area contributed by atoms with Crippen molar-refractivity contribution in [2.24, 2.45) is 0 Å². The van der Waals surface area contributed by atoms with Gasteiger partial charge in [-0.3, -0.25) is 4.98 Å². The second-order valence-electron chi connectivity index (χ2n) is 11.8. The Labute approximate surface area is 263 Å². The van der Waals surface area contributed by atoms with Crippen LogP contribution in [0.2, 0.25) is 0 Å². The summed E-state index contributed by atoms with van der Waals surface area (Å²) < 4.78 is 0. The SMILES string of the molecule is CC(C)(C)c1ccnc(-c2[c-]cccc2)c1.Cc1cc2c(ccc3c(-c4[c-]c(C)c(C)c(C)c4)nccc32)c(C)n1.[Ir]. The summed E-state index contributed by atoms with van der Waals surface area (Å²) in [4.78, 5) is 13.7. The molecular formula is C38H37IrN3-2. The molecule has 0 bridgehead atoms. The molecule has 6 rings (SSSR count). The number of hydrogen-bond acceptors (Lipinski definition) is 3. The summed E-state index contributed by atoms with van der Waals surface area (Å²) in [5.41, 5.74) is 11.4. The predicted octanol–water partition coefficient (Wildman–Crippen LogP) is 9.64. The Morgan fingerprint density at radius 2 is 1.43 bits per heavy atom. The fraction of sp³-hybridized carbons (Fsp3) is 0.237. The minimum Gasteiger partial charge on any atom is -0.305 e. The molecule has 0 aliphatic rings. The van der Waals surface area contributed by atoms with E-state index in [-0.39, 0.29) is 25.5 Å². The Kier molecular flexibility index (Phi) is 9.40. The number of hydrogen-bond donors (Lipinski definition) is 0. The molecule has 42 heavy (non-hydrogen) atoms. The van der Waals surface area contributed by atoms with Crippen LogP contribution in [0.3, 0.4) is 0 Å². The minimum atomic E-state index is 0. The largest absolute Gasteiger partial charge is 0.305 e. The van der Waals surface area contributed by atoms with Gasteiger partial charge in [-0.1, -0.05) is 59.7 Å². The Morgan fingerprint density at radius 3 is 2.12 bits per heavy atom. The monoisotopic (exact) mass is 728 g/mol. The summed E-state index contributed by atoms with van der Waals surface area (Å²) in [7, 11) is 0. The maximum Gasteiger partial charge on any atom is 0.0454 e. The molecule has 4 heteroatoms. The molecule has 3 nitrogen and oxygen atoms in total. The number of rotatable bonds is 2. The van der Waals surface area contributed by atoms with Crippen molar-refractivity contribution in [3.63, 3.8) is 0 Å². The van der Waals surface area contributed by atoms with E-state index in [2.05, 4.69) is 113 Å². The van der Waals surface area contributed by atoms with Crippen LogP contribution in [-0.4, -0.2) is 15.0 Å². The quantitative estimate of drug-likeness (QED) is 0.132. The zero-order valence-electron chi connectivity index (χ0n) is 25.7. The first-order valence-electron chi connectivity index (χ1n) is 14.1. The first-order valence-corrected chi connectivity index (χ1v) is 14.1. The molecule has 1 radical (unpaired) electrons. The molecule has 0 N–H and O–H groups in total. The number of aromatic nitrogens is 3. The van der Waals surface area contributed by atoms with E-state index in [1.54, 1.807) is 0 Å². The smallest absolute Gasteiger partial charge is 0.0454 e. The van der Waals surface area contributed by atoms with Gasteiger partial charge in [0.1, 0.15) is 0 Å². The van der Waals surface area contributed by atoms with Gasteiger partial charge in [0.05, 0.1) is 0 Å². The summed E-state index contributed by atoms with van der Waals surface area (Å²) >= 11 is 0. The van der Waals surface area contributed by atoms with Gasteiger partial charge in [-0.2, -0.15) is 0 Å². The van der Waals surface area contributed by atoms with Crippen LogP contribution < -0.4 is 0 Å². The molecule has 6 aromatic rings. The van der Waals surface area contributed by atoms with Gasteiger partial charge in [0.15, 0.2) is 0 Å². The average molecular weight is 728 g/mol. The fourth-order valence-electron chi connectivity index (χ4n) is 5.21. The summed E-state index contributed by atoms with van der Waals surface area (Å²) in [5, 5.41) is 4.83. The van der Waals surface area contributed by atoms with Crippen molar-refractivity contribution in [2.45, 2.75) is 60.8 Å². The maximum absolute atomic E-state index is 4.69. The van der Waals surface area contributed by atoms with Crippen molar-refractivity contribution < 1.29 is 20.1 Å². The zero-order valence-corrected chi connectivity index (χ0v) is 28.1. The van der Waals surface area contributed by atoms with Crippen LogP contribution in [-0.2, 0) is 25.5 Å². The third-order valence-electron chi connectivity index (χ3n) is 7.78. The number of benzene rings is 3. The molecule has 3 heterocycles. The maximum atomic E-state index is 4.69. The standard InChI is InChI=1S/C23H21N2.C15H16N.Ir/c1-13-10-18(11-14(2)16(13)4)23-21-7-6-19-17(5)25-15(3)12-22(19)20(21)8-9-24-23;1-15(2,3)13-9-10-16-14(11-13)12-7-5-4-6-8-12;/h6-10,12H,1-5H3;4-7,9-11H,1-3H3;/q2*-1;. The molecular weight excluding hydrogens is 691 g/mol. The Bertz CT molecular complexity index is 1850. The molecule has 0 amide bonds. The molecule has 3 aromatic carbocycles. The minimum absolute atomic E-state index is 0. The van der Waals surface area contributed by atoms with Crippen LogP contribution in [0.1, 0.15) is 54.4 Å². The second-order valence-corrected chi connectivity index (χ2v) is 11.8. The fourth-order valence-corrected chi connectivity index (χ4v) is 5.21. The average Bonchev–Trinajstić information content (AvgIpc) is 2.95. The van der Waals surface area contributed by atoms with Gasteiger partial charge < -0.3 is 9.97 Å². The van der Waals surface area contributed by atoms with E-state index in [1.807, 2.05) is 43.6 Å². The zero-order chi connectivity index (χ0) is 29.3. The third kappa shape index (κ3) is 6.51. The molecule has 0 fully saturated rings. The number of fused-ring (bicyclic) bond motifs is 3. The van der Waals surface area contributed by atoms with Gasteiger partial charge in [-0.25, -0.2) is 0 Å². The van der Waals surface area contributed by atoms with Gasteiger partial charge in [0, 0.05) is 49.3 Å². The van der Waals surface area contributed by atoms with E-state index in [1.165, 1.54) is 43.8 Å². The third-order valence-corrected chi connectivity index (χ3v) is 7.78. The normalized spacial score (nSPS) is 11.1. The molecule has 215 valence electrons. The number of nitrogens with zero attached hydrogens (tertiary/aromatic N) is 3. The molecule has 0 atom stereocenters. The van der Waals surface area contributed by atoms with Crippen molar-refractivity contribution >= 4 is 21.5 Å². The Hall–Kier alpha value is -3.72. The van der Waals surface area contributed by atoms with E-state index in [0.717, 1.165) is 33.9 Å². The van der Waals surface area contributed by atoms with Crippen molar-refractivity contribution in [2.75, 3.05) is 0 Å². The van der Waals surface area contributed by atoms with Crippen molar-refractivity contribution in [3.8, 4) is 22.5 Å². The van der Waals surface area contributed by atoms with Crippen LogP contribution in [0, 0.1) is 46.8 Å². The molecule has 0 unspecified atom stereocenters. The number of pyridine rings is 3. The molecule has 0 aliphatic heterocycles. The number of aryl methyl sites for hydroxylation is 4. The summed E-state index contributed by atoms with van der Waals surface area (Å²) in [6.45, 7) is 17.2. The molecule has 0 saturated heterocycles. The summed E-state index contributed by atoms with van der Waals surface area (Å²) in [6, 6.07) is 29.7. The van der Waals surface area contributed by atoms with E-state index in [0.29, 0.717) is 0 Å². The van der Waals surface area contributed by atoms with E-state index < -0.39 is 0 Å². The van der Waals surface area contributed by atoms with Crippen molar-refractivity contribution in [1.29, 1.82) is 0 Å². The first kappa shape index (κ1) is 31.2. The van der Waals surface area contributed by atoms with E-state index >= 15 is 0 Å². The van der Waals surface area contributed by atoms with Crippen LogP contribution in [0.4, 0.5) is 0 Å². The van der Waals surface area contributed by atoms with Gasteiger partial charge in [-0.05, 0) is 70.6 Å². The topological polar surface area (TPSA) is 38.7 Å². The first-order chi connectivity index (χ1) is 19.5. The second kappa shape index (κ2) is 12.7. The van der Waals surface area contributed by atoms with Gasteiger partial charge in [0.25, 0.3) is 0 Å². The van der Waals surface area contributed by atoms with Gasteiger partial charge in [-0.15, -0.1) is 70.3 Å². The Morgan fingerprint density at radius 1 is 0.690 bits per heavy atom. The van der Waals surface area contributed by atoms with Gasteiger partial charge >= 0.3 is 0 Å². The molecule has 0 spiro atoms. The van der Waals surface area contributed by atoms with Crippen molar-refractivity contribution in [3.05, 3.63) is 125 Å². The van der Waals surface area contributed by atoms with Crippen LogP contribution in [0.15, 0.2) is 79.1 Å². The molecule has 0 saturated carbocycles. The van der Waals surface area contributed by atoms with Gasteiger partial charge in [0.2, 0.25) is 0 Å². The van der Waals surface area contributed by atoms with E-state index in [9.17, 15) is 0 Å². The van der Waals surface area contributed by atoms with Crippen molar-refractivity contribution in [1.82, 2.24) is 15.0 Å². The summed E-state index contributed by atoms with van der Waals surface area (Å²) in [5.74, 6) is 0. The predicted molar refractivity (Wildman–Crippen MR) is 172 cm³/mol. The molecule has 3 aromatic heterocycles. The Balaban J connectivity index is 0.000000207. The van der Waals surface area contributed by atoms with Crippen LogP contribution in [0.25, 0.3) is 44.1 Å².